The number of thiocarbonyl (C=S) groups is 1. The Morgan fingerprint density at radius 1 is 1.35 bits per heavy atom. The van der Waals surface area contributed by atoms with Crippen LogP contribution in [0.3, 0.4) is 0 Å². The highest BCUT2D eigenvalue weighted by molar-refractivity contribution is 7.99. The predicted molar refractivity (Wildman–Crippen MR) is 80.9 cm³/mol. The van der Waals surface area contributed by atoms with Gasteiger partial charge in [-0.3, -0.25) is 0 Å². The summed E-state index contributed by atoms with van der Waals surface area (Å²) in [4.78, 5) is 0.458. The van der Waals surface area contributed by atoms with E-state index in [2.05, 4.69) is 17.1 Å². The summed E-state index contributed by atoms with van der Waals surface area (Å²) in [6.45, 7) is 1.05. The van der Waals surface area contributed by atoms with E-state index in [1.54, 1.807) is 0 Å². The SMILES string of the molecule is NC(=S)c1ccc(NCC2CCCCS2)cc1. The second-order valence-corrected chi connectivity index (χ2v) is 6.16. The summed E-state index contributed by atoms with van der Waals surface area (Å²) in [6.07, 6.45) is 4.09. The number of anilines is 1. The van der Waals surface area contributed by atoms with Crippen LogP contribution in [0.25, 0.3) is 0 Å². The molecule has 3 N–H and O–H groups in total. The molecule has 17 heavy (non-hydrogen) atoms. The van der Waals surface area contributed by atoms with Crippen LogP contribution in [0, 0.1) is 0 Å². The van der Waals surface area contributed by atoms with E-state index in [0.29, 0.717) is 4.99 Å². The molecule has 0 radical (unpaired) electrons. The molecular formula is C13H18N2S2. The fourth-order valence-corrected chi connectivity index (χ4v) is 3.33. The van der Waals surface area contributed by atoms with Crippen LogP contribution in [0.2, 0.25) is 0 Å². The van der Waals surface area contributed by atoms with Crippen molar-refractivity contribution in [3.05, 3.63) is 29.8 Å². The Morgan fingerprint density at radius 3 is 2.71 bits per heavy atom. The maximum absolute atomic E-state index is 5.56. The van der Waals surface area contributed by atoms with Gasteiger partial charge in [0.25, 0.3) is 0 Å². The van der Waals surface area contributed by atoms with Gasteiger partial charge in [-0.15, -0.1) is 0 Å². The Hall–Kier alpha value is -0.740. The Morgan fingerprint density at radius 2 is 2.12 bits per heavy atom. The number of benzene rings is 1. The van der Waals surface area contributed by atoms with Gasteiger partial charge in [-0.05, 0) is 42.9 Å². The molecule has 1 saturated heterocycles. The highest BCUT2D eigenvalue weighted by Gasteiger charge is 2.13. The summed E-state index contributed by atoms with van der Waals surface area (Å²) in [6, 6.07) is 8.03. The molecule has 0 amide bonds. The van der Waals surface area contributed by atoms with Crippen LogP contribution in [0.5, 0.6) is 0 Å². The lowest BCUT2D eigenvalue weighted by molar-refractivity contribution is 0.677. The fraction of sp³-hybridized carbons (Fsp3) is 0.462. The number of rotatable bonds is 4. The normalized spacial score (nSPS) is 19.9. The molecule has 0 aliphatic carbocycles. The van der Waals surface area contributed by atoms with E-state index in [4.69, 9.17) is 18.0 Å². The standard InChI is InChI=1S/C13H18N2S2/c14-13(16)10-4-6-11(7-5-10)15-9-12-3-1-2-8-17-12/h4-7,12,15H,1-3,8-9H2,(H2,14,16). The lowest BCUT2D eigenvalue weighted by Gasteiger charge is -2.21. The monoisotopic (exact) mass is 266 g/mol. The molecule has 1 heterocycles. The van der Waals surface area contributed by atoms with Crippen molar-refractivity contribution in [3.63, 3.8) is 0 Å². The highest BCUT2D eigenvalue weighted by Crippen LogP contribution is 2.25. The smallest absolute Gasteiger partial charge is 0.103 e. The minimum atomic E-state index is 0.458. The third-order valence-electron chi connectivity index (χ3n) is 2.98. The number of hydrogen-bond acceptors (Lipinski definition) is 3. The molecule has 0 bridgehead atoms. The molecule has 0 aromatic heterocycles. The average molecular weight is 266 g/mol. The largest absolute Gasteiger partial charge is 0.389 e. The van der Waals surface area contributed by atoms with E-state index in [1.165, 1.54) is 25.0 Å². The van der Waals surface area contributed by atoms with Crippen LogP contribution < -0.4 is 11.1 Å². The topological polar surface area (TPSA) is 38.0 Å². The second-order valence-electron chi connectivity index (χ2n) is 4.31. The maximum Gasteiger partial charge on any atom is 0.103 e. The fourth-order valence-electron chi connectivity index (χ4n) is 1.95. The van der Waals surface area contributed by atoms with Crippen molar-refractivity contribution in [2.75, 3.05) is 17.6 Å². The first-order valence-electron chi connectivity index (χ1n) is 6.01. The van der Waals surface area contributed by atoms with Crippen molar-refractivity contribution < 1.29 is 0 Å². The van der Waals surface area contributed by atoms with Crippen LogP contribution in [-0.4, -0.2) is 22.5 Å². The Kier molecular flexibility index (Phi) is 4.68. The first-order valence-corrected chi connectivity index (χ1v) is 7.47. The van der Waals surface area contributed by atoms with E-state index in [-0.39, 0.29) is 0 Å². The van der Waals surface area contributed by atoms with E-state index >= 15 is 0 Å². The van der Waals surface area contributed by atoms with Crippen molar-refractivity contribution in [1.82, 2.24) is 0 Å². The number of hydrogen-bond donors (Lipinski definition) is 2. The van der Waals surface area contributed by atoms with E-state index in [1.807, 2.05) is 24.3 Å². The van der Waals surface area contributed by atoms with Gasteiger partial charge < -0.3 is 11.1 Å². The molecule has 2 nitrogen and oxygen atoms in total. The Bertz CT molecular complexity index is 370. The number of nitrogens with two attached hydrogens (primary N) is 1. The van der Waals surface area contributed by atoms with Crippen LogP contribution in [-0.2, 0) is 0 Å². The summed E-state index contributed by atoms with van der Waals surface area (Å²) in [5.41, 5.74) is 7.64. The zero-order chi connectivity index (χ0) is 12.1. The maximum atomic E-state index is 5.56. The minimum Gasteiger partial charge on any atom is -0.389 e. The summed E-state index contributed by atoms with van der Waals surface area (Å²) in [7, 11) is 0. The van der Waals surface area contributed by atoms with E-state index in [0.717, 1.165) is 23.0 Å². The predicted octanol–water partition coefficient (Wildman–Crippen LogP) is 3.02. The van der Waals surface area contributed by atoms with Crippen molar-refractivity contribution >= 4 is 34.7 Å². The Labute approximate surface area is 112 Å². The molecule has 0 spiro atoms. The van der Waals surface area contributed by atoms with Crippen LogP contribution >= 0.6 is 24.0 Å². The van der Waals surface area contributed by atoms with Crippen molar-refractivity contribution in [2.24, 2.45) is 5.73 Å². The molecule has 92 valence electrons. The summed E-state index contributed by atoms with van der Waals surface area (Å²) in [5.74, 6) is 1.31. The van der Waals surface area contributed by atoms with E-state index < -0.39 is 0 Å². The number of thioether (sulfide) groups is 1. The first kappa shape index (κ1) is 12.7. The van der Waals surface area contributed by atoms with Gasteiger partial charge in [0, 0.05) is 23.0 Å². The van der Waals surface area contributed by atoms with Gasteiger partial charge in [0.1, 0.15) is 4.99 Å². The van der Waals surface area contributed by atoms with Crippen molar-refractivity contribution in [3.8, 4) is 0 Å². The van der Waals surface area contributed by atoms with Crippen LogP contribution in [0.15, 0.2) is 24.3 Å². The molecular weight excluding hydrogens is 248 g/mol. The third kappa shape index (κ3) is 3.89. The molecule has 2 rings (SSSR count). The molecule has 1 aromatic rings. The van der Waals surface area contributed by atoms with Crippen LogP contribution in [0.4, 0.5) is 5.69 Å². The average Bonchev–Trinajstić information content (AvgIpc) is 2.38. The molecule has 1 atom stereocenters. The zero-order valence-electron chi connectivity index (χ0n) is 9.82. The lowest BCUT2D eigenvalue weighted by atomic mass is 10.1. The number of nitrogens with one attached hydrogen (secondary N) is 1. The molecule has 0 saturated carbocycles. The molecule has 1 aliphatic heterocycles. The third-order valence-corrected chi connectivity index (χ3v) is 4.61. The quantitative estimate of drug-likeness (QED) is 0.822. The summed E-state index contributed by atoms with van der Waals surface area (Å²) >= 11 is 7.01. The summed E-state index contributed by atoms with van der Waals surface area (Å²) in [5, 5.41) is 4.24. The Balaban J connectivity index is 1.84. The van der Waals surface area contributed by atoms with Gasteiger partial charge in [0.05, 0.1) is 0 Å². The molecule has 1 fully saturated rings. The second kappa shape index (κ2) is 6.26. The minimum absolute atomic E-state index is 0.458. The molecule has 4 heteroatoms. The first-order chi connectivity index (χ1) is 8.25. The van der Waals surface area contributed by atoms with Gasteiger partial charge in [-0.25, -0.2) is 0 Å². The van der Waals surface area contributed by atoms with E-state index in [9.17, 15) is 0 Å². The molecule has 1 aliphatic rings. The zero-order valence-corrected chi connectivity index (χ0v) is 11.4. The van der Waals surface area contributed by atoms with Gasteiger partial charge in [-0.2, -0.15) is 11.8 Å². The van der Waals surface area contributed by atoms with Gasteiger partial charge >= 0.3 is 0 Å². The van der Waals surface area contributed by atoms with Crippen molar-refractivity contribution in [2.45, 2.75) is 24.5 Å². The highest BCUT2D eigenvalue weighted by atomic mass is 32.2. The lowest BCUT2D eigenvalue weighted by Crippen LogP contribution is -2.20. The summed E-state index contributed by atoms with van der Waals surface area (Å²) < 4.78 is 0. The van der Waals surface area contributed by atoms with Crippen molar-refractivity contribution in [1.29, 1.82) is 0 Å². The molecule has 1 unspecified atom stereocenters. The molecule has 1 aromatic carbocycles. The van der Waals surface area contributed by atoms with Gasteiger partial charge in [0.15, 0.2) is 0 Å². The van der Waals surface area contributed by atoms with Crippen LogP contribution in [0.1, 0.15) is 24.8 Å². The van der Waals surface area contributed by atoms with Gasteiger partial charge in [0.2, 0.25) is 0 Å². The van der Waals surface area contributed by atoms with Gasteiger partial charge in [-0.1, -0.05) is 18.6 Å².